The molecule has 2 rings (SSSR count). The van der Waals surface area contributed by atoms with Crippen molar-refractivity contribution in [1.29, 1.82) is 0 Å². The summed E-state index contributed by atoms with van der Waals surface area (Å²) in [5.74, 6) is -0.185. The lowest BCUT2D eigenvalue weighted by Gasteiger charge is -2.19. The van der Waals surface area contributed by atoms with Crippen LogP contribution in [0.4, 0.5) is 0 Å². The third kappa shape index (κ3) is 3.03. The van der Waals surface area contributed by atoms with E-state index in [9.17, 15) is 9.59 Å². The molecule has 1 aromatic carbocycles. The van der Waals surface area contributed by atoms with Crippen LogP contribution in [0.15, 0.2) is 41.2 Å². The maximum Gasteiger partial charge on any atom is 0.262 e. The van der Waals surface area contributed by atoms with Crippen molar-refractivity contribution < 1.29 is 4.79 Å². The first-order chi connectivity index (χ1) is 10.5. The molecular formula is C19H23NO2. The number of carbonyl (C=O) groups is 1. The van der Waals surface area contributed by atoms with E-state index in [0.717, 1.165) is 24.1 Å². The molecule has 0 fully saturated rings. The molecule has 0 amide bonds. The first kappa shape index (κ1) is 16.2. The second-order valence-electron chi connectivity index (χ2n) is 5.67. The van der Waals surface area contributed by atoms with Crippen LogP contribution in [0.1, 0.15) is 56.1 Å². The molecule has 2 aromatic rings. The average Bonchev–Trinajstić information content (AvgIpc) is 2.53. The standard InChI is InChI=1S/C19H23NO2/c1-5-13(3)20-18(12-11-17(14(4)21)19(20)22)16-9-7-15(6-2)8-10-16/h7-13H,5-6H2,1-4H3. The number of pyridine rings is 1. The fraction of sp³-hybridized carbons (Fsp3) is 0.368. The Bertz CT molecular complexity index is 726. The molecule has 0 bridgehead atoms. The van der Waals surface area contributed by atoms with Crippen molar-refractivity contribution in [2.45, 2.75) is 46.6 Å². The maximum absolute atomic E-state index is 12.7. The summed E-state index contributed by atoms with van der Waals surface area (Å²) in [6, 6.07) is 11.8. The average molecular weight is 297 g/mol. The highest BCUT2D eigenvalue weighted by Gasteiger charge is 2.16. The van der Waals surface area contributed by atoms with Crippen LogP contribution in [0.3, 0.4) is 0 Å². The van der Waals surface area contributed by atoms with Crippen molar-refractivity contribution in [1.82, 2.24) is 4.57 Å². The van der Waals surface area contributed by atoms with E-state index in [2.05, 4.69) is 19.1 Å². The lowest BCUT2D eigenvalue weighted by molar-refractivity contribution is 0.101. The first-order valence-electron chi connectivity index (χ1n) is 7.85. The third-order valence-electron chi connectivity index (χ3n) is 4.19. The lowest BCUT2D eigenvalue weighted by atomic mass is 10.0. The van der Waals surface area contributed by atoms with Gasteiger partial charge in [-0.2, -0.15) is 0 Å². The zero-order valence-electron chi connectivity index (χ0n) is 13.7. The topological polar surface area (TPSA) is 39.1 Å². The smallest absolute Gasteiger partial charge is 0.262 e. The van der Waals surface area contributed by atoms with Crippen molar-refractivity contribution >= 4 is 5.78 Å². The summed E-state index contributed by atoms with van der Waals surface area (Å²) in [5, 5.41) is 0. The van der Waals surface area contributed by atoms with Crippen molar-refractivity contribution in [2.75, 3.05) is 0 Å². The zero-order valence-corrected chi connectivity index (χ0v) is 13.7. The highest BCUT2D eigenvalue weighted by Crippen LogP contribution is 2.23. The molecule has 0 saturated heterocycles. The Balaban J connectivity index is 2.66. The number of aromatic nitrogens is 1. The predicted molar refractivity (Wildman–Crippen MR) is 90.5 cm³/mol. The van der Waals surface area contributed by atoms with E-state index in [1.54, 1.807) is 10.6 Å². The SMILES string of the molecule is CCc1ccc(-c2ccc(C(C)=O)c(=O)n2C(C)CC)cc1. The van der Waals surface area contributed by atoms with Gasteiger partial charge >= 0.3 is 0 Å². The molecule has 116 valence electrons. The monoisotopic (exact) mass is 297 g/mol. The zero-order chi connectivity index (χ0) is 16.3. The van der Waals surface area contributed by atoms with Gasteiger partial charge in [0.25, 0.3) is 5.56 Å². The number of ketones is 1. The molecular weight excluding hydrogens is 274 g/mol. The van der Waals surface area contributed by atoms with E-state index in [0.29, 0.717) is 0 Å². The van der Waals surface area contributed by atoms with Crippen LogP contribution < -0.4 is 5.56 Å². The van der Waals surface area contributed by atoms with Gasteiger partial charge < -0.3 is 4.57 Å². The van der Waals surface area contributed by atoms with E-state index < -0.39 is 0 Å². The molecule has 22 heavy (non-hydrogen) atoms. The van der Waals surface area contributed by atoms with Crippen LogP contribution in [-0.2, 0) is 6.42 Å². The van der Waals surface area contributed by atoms with E-state index in [4.69, 9.17) is 0 Å². The summed E-state index contributed by atoms with van der Waals surface area (Å²) in [4.78, 5) is 24.3. The molecule has 1 heterocycles. The molecule has 3 nitrogen and oxygen atoms in total. The molecule has 0 saturated carbocycles. The predicted octanol–water partition coefficient (Wildman–Crippen LogP) is 4.25. The molecule has 0 spiro atoms. The third-order valence-corrected chi connectivity index (χ3v) is 4.19. The number of Topliss-reactive ketones (excluding diaryl/α,β-unsaturated/α-hetero) is 1. The normalized spacial score (nSPS) is 12.2. The summed E-state index contributed by atoms with van der Waals surface area (Å²) < 4.78 is 1.75. The molecule has 0 radical (unpaired) electrons. The van der Waals surface area contributed by atoms with Gasteiger partial charge in [-0.05, 0) is 49.9 Å². The summed E-state index contributed by atoms with van der Waals surface area (Å²) in [6.07, 6.45) is 1.82. The number of nitrogens with zero attached hydrogens (tertiary/aromatic N) is 1. The van der Waals surface area contributed by atoms with E-state index in [1.165, 1.54) is 12.5 Å². The second kappa shape index (κ2) is 6.73. The van der Waals surface area contributed by atoms with Gasteiger partial charge in [0.05, 0.1) is 11.3 Å². The number of benzene rings is 1. The molecule has 1 aromatic heterocycles. The van der Waals surface area contributed by atoms with Gasteiger partial charge in [-0.15, -0.1) is 0 Å². The fourth-order valence-corrected chi connectivity index (χ4v) is 2.59. The number of hydrogen-bond donors (Lipinski definition) is 0. The number of rotatable bonds is 5. The Morgan fingerprint density at radius 3 is 2.23 bits per heavy atom. The van der Waals surface area contributed by atoms with Crippen LogP contribution in [0.25, 0.3) is 11.3 Å². The van der Waals surface area contributed by atoms with Crippen molar-refractivity contribution in [3.05, 3.63) is 57.9 Å². The summed E-state index contributed by atoms with van der Waals surface area (Å²) in [7, 11) is 0. The lowest BCUT2D eigenvalue weighted by Crippen LogP contribution is -2.29. The number of carbonyl (C=O) groups excluding carboxylic acids is 1. The van der Waals surface area contributed by atoms with Crippen LogP contribution in [0, 0.1) is 0 Å². The van der Waals surface area contributed by atoms with Gasteiger partial charge in [0.1, 0.15) is 0 Å². The minimum absolute atomic E-state index is 0.0488. The maximum atomic E-state index is 12.7. The number of hydrogen-bond acceptors (Lipinski definition) is 2. The highest BCUT2D eigenvalue weighted by molar-refractivity contribution is 5.94. The Morgan fingerprint density at radius 2 is 1.73 bits per heavy atom. The van der Waals surface area contributed by atoms with Crippen molar-refractivity contribution in [3.63, 3.8) is 0 Å². The largest absolute Gasteiger partial charge is 0.305 e. The Morgan fingerprint density at radius 1 is 1.09 bits per heavy atom. The molecule has 1 atom stereocenters. The fourth-order valence-electron chi connectivity index (χ4n) is 2.59. The first-order valence-corrected chi connectivity index (χ1v) is 7.85. The molecule has 0 aliphatic rings. The Labute approximate surface area is 131 Å². The van der Waals surface area contributed by atoms with Crippen LogP contribution in [0.2, 0.25) is 0 Å². The molecule has 0 aliphatic carbocycles. The highest BCUT2D eigenvalue weighted by atomic mass is 16.1. The van der Waals surface area contributed by atoms with Gasteiger partial charge in [0, 0.05) is 6.04 Å². The van der Waals surface area contributed by atoms with Crippen LogP contribution in [-0.4, -0.2) is 10.4 Å². The van der Waals surface area contributed by atoms with E-state index in [-0.39, 0.29) is 22.9 Å². The second-order valence-corrected chi connectivity index (χ2v) is 5.67. The minimum Gasteiger partial charge on any atom is -0.305 e. The van der Waals surface area contributed by atoms with Gasteiger partial charge in [-0.25, -0.2) is 0 Å². The molecule has 0 N–H and O–H groups in total. The van der Waals surface area contributed by atoms with Gasteiger partial charge in [0.2, 0.25) is 0 Å². The van der Waals surface area contributed by atoms with Crippen LogP contribution >= 0.6 is 0 Å². The quantitative estimate of drug-likeness (QED) is 0.774. The molecule has 1 unspecified atom stereocenters. The Hall–Kier alpha value is -2.16. The Kier molecular flexibility index (Phi) is 4.96. The van der Waals surface area contributed by atoms with Crippen LogP contribution in [0.5, 0.6) is 0 Å². The summed E-state index contributed by atoms with van der Waals surface area (Å²) in [5.41, 5.74) is 3.20. The summed E-state index contributed by atoms with van der Waals surface area (Å²) in [6.45, 7) is 7.61. The van der Waals surface area contributed by atoms with Crippen molar-refractivity contribution in [3.8, 4) is 11.3 Å². The van der Waals surface area contributed by atoms with Crippen molar-refractivity contribution in [2.24, 2.45) is 0 Å². The van der Waals surface area contributed by atoms with Gasteiger partial charge in [-0.1, -0.05) is 38.1 Å². The molecule has 0 aliphatic heterocycles. The molecule has 3 heteroatoms. The van der Waals surface area contributed by atoms with Gasteiger partial charge in [0.15, 0.2) is 5.78 Å². The van der Waals surface area contributed by atoms with Gasteiger partial charge in [-0.3, -0.25) is 9.59 Å². The van der Waals surface area contributed by atoms with E-state index >= 15 is 0 Å². The van der Waals surface area contributed by atoms with E-state index in [1.807, 2.05) is 32.0 Å². The number of aryl methyl sites for hydroxylation is 1. The summed E-state index contributed by atoms with van der Waals surface area (Å²) >= 11 is 0. The minimum atomic E-state index is -0.195.